The van der Waals surface area contributed by atoms with Crippen LogP contribution in [0.4, 0.5) is 10.1 Å². The standard InChI is InChI=1S/C29H31BrFN5O6/c1-41-27-25(35-14-21(33-34-35)17-5-4-6-19(31)11-17)26(39)24(15-37)42-28(27)29(40)36(22-7-2-3-8-23(22)38)20-10-16(13-32)9-18(30)12-20/h4-6,9-12,14,22-28,37-39H,2-3,7-8,15H2,1H3/t22-,23-,24?,25?,26?,27?,28?/m0/s1. The Kier molecular flexibility index (Phi) is 9.32. The van der Waals surface area contributed by atoms with Crippen molar-refractivity contribution in [2.45, 2.75) is 68.3 Å². The van der Waals surface area contributed by atoms with Crippen LogP contribution in [-0.4, -0.2) is 86.5 Å². The van der Waals surface area contributed by atoms with Crippen molar-refractivity contribution in [2.24, 2.45) is 0 Å². The van der Waals surface area contributed by atoms with Crippen LogP contribution in [0.3, 0.4) is 0 Å². The molecule has 0 bridgehead atoms. The van der Waals surface area contributed by atoms with Gasteiger partial charge in [0.15, 0.2) is 6.10 Å². The Morgan fingerprint density at radius 1 is 1.26 bits per heavy atom. The van der Waals surface area contributed by atoms with Crippen LogP contribution < -0.4 is 4.90 Å². The molecule has 5 unspecified atom stereocenters. The van der Waals surface area contributed by atoms with Crippen molar-refractivity contribution in [1.82, 2.24) is 15.0 Å². The van der Waals surface area contributed by atoms with Gasteiger partial charge < -0.3 is 29.7 Å². The van der Waals surface area contributed by atoms with Crippen LogP contribution in [0.1, 0.15) is 37.3 Å². The van der Waals surface area contributed by atoms with Crippen molar-refractivity contribution >= 4 is 27.5 Å². The zero-order valence-corrected chi connectivity index (χ0v) is 24.3. The van der Waals surface area contributed by atoms with Crippen LogP contribution in [0.25, 0.3) is 11.3 Å². The summed E-state index contributed by atoms with van der Waals surface area (Å²) in [7, 11) is 1.37. The first kappa shape index (κ1) is 30.2. The van der Waals surface area contributed by atoms with Crippen molar-refractivity contribution in [3.05, 3.63) is 64.5 Å². The van der Waals surface area contributed by atoms with Crippen molar-refractivity contribution in [1.29, 1.82) is 5.26 Å². The van der Waals surface area contributed by atoms with E-state index in [-0.39, 0.29) is 0 Å². The number of amides is 1. The SMILES string of the molecule is COC1C(C(=O)N(c2cc(Br)cc(C#N)c2)[C@H]2CCCC[C@@H]2O)OC(CO)C(O)C1n1cc(-c2cccc(F)c2)nn1. The van der Waals surface area contributed by atoms with Crippen LogP contribution >= 0.6 is 15.9 Å². The van der Waals surface area contributed by atoms with E-state index in [1.54, 1.807) is 24.3 Å². The van der Waals surface area contributed by atoms with E-state index in [4.69, 9.17) is 9.47 Å². The van der Waals surface area contributed by atoms with Crippen LogP contribution in [0, 0.1) is 17.1 Å². The summed E-state index contributed by atoms with van der Waals surface area (Å²) in [6.45, 7) is -0.606. The van der Waals surface area contributed by atoms with Crippen LogP contribution in [0.2, 0.25) is 0 Å². The first-order chi connectivity index (χ1) is 20.2. The van der Waals surface area contributed by atoms with Gasteiger partial charge in [-0.15, -0.1) is 5.10 Å². The highest BCUT2D eigenvalue weighted by molar-refractivity contribution is 9.10. The van der Waals surface area contributed by atoms with Gasteiger partial charge in [-0.1, -0.05) is 46.1 Å². The van der Waals surface area contributed by atoms with Gasteiger partial charge in [0.25, 0.3) is 5.91 Å². The summed E-state index contributed by atoms with van der Waals surface area (Å²) in [5.74, 6) is -1.03. The molecule has 3 aromatic rings. The number of methoxy groups -OCH3 is 1. The maximum atomic E-state index is 14.5. The number of aliphatic hydroxyl groups excluding tert-OH is 3. The van der Waals surface area contributed by atoms with E-state index >= 15 is 0 Å². The molecular weight excluding hydrogens is 613 g/mol. The van der Waals surface area contributed by atoms with Crippen LogP contribution in [0.15, 0.2) is 53.1 Å². The third-order valence-electron chi connectivity index (χ3n) is 7.87. The van der Waals surface area contributed by atoms with E-state index < -0.39 is 60.9 Å². The van der Waals surface area contributed by atoms with E-state index in [9.17, 15) is 29.8 Å². The zero-order chi connectivity index (χ0) is 30.0. The lowest BCUT2D eigenvalue weighted by Gasteiger charge is -2.46. The van der Waals surface area contributed by atoms with E-state index in [1.807, 2.05) is 0 Å². The molecule has 3 N–H and O–H groups in total. The number of nitrogens with zero attached hydrogens (tertiary/aromatic N) is 5. The predicted molar refractivity (Wildman–Crippen MR) is 152 cm³/mol. The fraction of sp³-hybridized carbons (Fsp3) is 0.448. The van der Waals surface area contributed by atoms with Gasteiger partial charge in [-0.25, -0.2) is 9.07 Å². The molecule has 1 aromatic heterocycles. The fourth-order valence-electron chi connectivity index (χ4n) is 5.85. The molecule has 13 heteroatoms. The molecule has 1 aliphatic heterocycles. The van der Waals surface area contributed by atoms with Gasteiger partial charge in [-0.2, -0.15) is 5.26 Å². The molecular formula is C29H31BrFN5O6. The minimum absolute atomic E-state index is 0.310. The normalized spacial score (nSPS) is 27.8. The molecule has 2 fully saturated rings. The molecule has 222 valence electrons. The fourth-order valence-corrected chi connectivity index (χ4v) is 6.33. The summed E-state index contributed by atoms with van der Waals surface area (Å²) in [6, 6.07) is 11.1. The molecule has 42 heavy (non-hydrogen) atoms. The van der Waals surface area contributed by atoms with E-state index in [0.29, 0.717) is 39.8 Å². The summed E-state index contributed by atoms with van der Waals surface area (Å²) < 4.78 is 27.5. The molecule has 0 spiro atoms. The van der Waals surface area contributed by atoms with Crippen LogP contribution in [-0.2, 0) is 14.3 Å². The summed E-state index contributed by atoms with van der Waals surface area (Å²) in [5, 5.41) is 50.2. The summed E-state index contributed by atoms with van der Waals surface area (Å²) in [6.07, 6.45) is -1.71. The molecule has 1 saturated carbocycles. The quantitative estimate of drug-likeness (QED) is 0.352. The van der Waals surface area contributed by atoms with Gasteiger partial charge in [0.2, 0.25) is 0 Å². The predicted octanol–water partition coefficient (Wildman–Crippen LogP) is 2.73. The summed E-state index contributed by atoms with van der Waals surface area (Å²) >= 11 is 3.41. The Bertz CT molecular complexity index is 1470. The van der Waals surface area contributed by atoms with Crippen molar-refractivity contribution in [2.75, 3.05) is 18.6 Å². The van der Waals surface area contributed by atoms with Gasteiger partial charge in [0.1, 0.15) is 35.9 Å². The number of aromatic nitrogens is 3. The lowest BCUT2D eigenvalue weighted by molar-refractivity contribution is -0.211. The molecule has 11 nitrogen and oxygen atoms in total. The molecule has 1 aliphatic carbocycles. The number of ether oxygens (including phenoxy) is 2. The highest BCUT2D eigenvalue weighted by Crippen LogP contribution is 2.37. The molecule has 0 radical (unpaired) electrons. The lowest BCUT2D eigenvalue weighted by Crippen LogP contribution is -2.63. The molecule has 2 aromatic carbocycles. The summed E-state index contributed by atoms with van der Waals surface area (Å²) in [5.41, 5.74) is 1.48. The third-order valence-corrected chi connectivity index (χ3v) is 8.33. The molecule has 5 rings (SSSR count). The first-order valence-electron chi connectivity index (χ1n) is 13.6. The third kappa shape index (κ3) is 5.96. The largest absolute Gasteiger partial charge is 0.394 e. The van der Waals surface area contributed by atoms with E-state index in [0.717, 1.165) is 12.8 Å². The van der Waals surface area contributed by atoms with Crippen LogP contribution in [0.5, 0.6) is 0 Å². The monoisotopic (exact) mass is 643 g/mol. The second kappa shape index (κ2) is 12.9. The number of carbonyl (C=O) groups is 1. The topological polar surface area (TPSA) is 154 Å². The maximum Gasteiger partial charge on any atom is 0.259 e. The number of halogens is 2. The molecule has 2 heterocycles. The number of anilines is 1. The van der Waals surface area contributed by atoms with Crippen molar-refractivity contribution in [3.8, 4) is 17.3 Å². The first-order valence-corrected chi connectivity index (χ1v) is 14.4. The van der Waals surface area contributed by atoms with E-state index in [1.165, 1.54) is 41.1 Å². The number of rotatable bonds is 7. The number of carbonyl (C=O) groups excluding carboxylic acids is 1. The minimum atomic E-state index is -1.35. The summed E-state index contributed by atoms with van der Waals surface area (Å²) in [4.78, 5) is 15.9. The molecule has 2 aliphatic rings. The van der Waals surface area contributed by atoms with Gasteiger partial charge in [-0.3, -0.25) is 4.79 Å². The number of aliphatic hydroxyl groups is 3. The highest BCUT2D eigenvalue weighted by atomic mass is 79.9. The van der Waals surface area contributed by atoms with Crippen molar-refractivity contribution < 1.29 is 34.0 Å². The minimum Gasteiger partial charge on any atom is -0.394 e. The number of hydrogen-bond donors (Lipinski definition) is 3. The van der Waals surface area contributed by atoms with E-state index in [2.05, 4.69) is 32.3 Å². The Morgan fingerprint density at radius 2 is 2.05 bits per heavy atom. The highest BCUT2D eigenvalue weighted by Gasteiger charge is 2.52. The Morgan fingerprint density at radius 3 is 2.74 bits per heavy atom. The smallest absolute Gasteiger partial charge is 0.259 e. The average molecular weight is 644 g/mol. The van der Waals surface area contributed by atoms with Gasteiger partial charge in [-0.05, 0) is 43.2 Å². The van der Waals surface area contributed by atoms with Gasteiger partial charge in [0, 0.05) is 22.8 Å². The number of nitriles is 1. The molecule has 1 saturated heterocycles. The second-order valence-corrected chi connectivity index (χ2v) is 11.4. The maximum absolute atomic E-state index is 14.5. The Hall–Kier alpha value is -3.25. The zero-order valence-electron chi connectivity index (χ0n) is 22.8. The Balaban J connectivity index is 1.56. The van der Waals surface area contributed by atoms with Crippen molar-refractivity contribution in [3.63, 3.8) is 0 Å². The second-order valence-electron chi connectivity index (χ2n) is 10.5. The Labute approximate surface area is 250 Å². The number of hydrogen-bond acceptors (Lipinski definition) is 9. The molecule has 1 amide bonds. The lowest BCUT2D eigenvalue weighted by atomic mass is 9.88. The average Bonchev–Trinajstić information content (AvgIpc) is 3.47. The molecule has 7 atom stereocenters. The van der Waals surface area contributed by atoms with Gasteiger partial charge in [0.05, 0.1) is 36.6 Å². The number of benzene rings is 2. The van der Waals surface area contributed by atoms with Gasteiger partial charge >= 0.3 is 0 Å².